The maximum atomic E-state index is 7.37. The standard InChI is InChI=1S/C23H39Cl2O2PSi2/c1-29(2,3)26-20-15-28-22(17-12-8-7-11-16(17)20)21(27-30(4,5)6)18-13-9-10-14-19(18)23(28,24)25/h17,19,22H,7-15H2,1-6H3. The Bertz CT molecular complexity index is 751. The van der Waals surface area contributed by atoms with Gasteiger partial charge in [-0.3, -0.25) is 0 Å². The summed E-state index contributed by atoms with van der Waals surface area (Å²) in [4.78, 5) is 0. The summed E-state index contributed by atoms with van der Waals surface area (Å²) < 4.78 is 13.0. The van der Waals surface area contributed by atoms with E-state index in [4.69, 9.17) is 32.1 Å². The van der Waals surface area contributed by atoms with Gasteiger partial charge in [0.2, 0.25) is 16.6 Å². The lowest BCUT2D eigenvalue weighted by atomic mass is 9.77. The smallest absolute Gasteiger partial charge is 0.241 e. The fourth-order valence-electron chi connectivity index (χ4n) is 5.92. The Morgan fingerprint density at radius 2 is 1.43 bits per heavy atom. The highest BCUT2D eigenvalue weighted by atomic mass is 35.5. The first kappa shape index (κ1) is 23.7. The van der Waals surface area contributed by atoms with E-state index < -0.39 is 28.6 Å². The second-order valence-electron chi connectivity index (χ2n) is 11.6. The van der Waals surface area contributed by atoms with Gasteiger partial charge in [-0.25, -0.2) is 0 Å². The molecule has 0 N–H and O–H groups in total. The molecule has 2 aliphatic heterocycles. The summed E-state index contributed by atoms with van der Waals surface area (Å²) in [7, 11) is -4.06. The van der Waals surface area contributed by atoms with E-state index >= 15 is 0 Å². The van der Waals surface area contributed by atoms with Crippen molar-refractivity contribution in [2.75, 3.05) is 6.16 Å². The number of hydrogen-bond acceptors (Lipinski definition) is 2. The molecule has 0 radical (unpaired) electrons. The second-order valence-corrected chi connectivity index (χ2v) is 24.9. The van der Waals surface area contributed by atoms with Gasteiger partial charge in [-0.2, -0.15) is 0 Å². The number of rotatable bonds is 4. The normalized spacial score (nSPS) is 34.1. The van der Waals surface area contributed by atoms with Crippen LogP contribution in [0, 0.1) is 11.8 Å². The van der Waals surface area contributed by atoms with Crippen LogP contribution in [0.5, 0.6) is 0 Å². The number of hydrogen-bond donors (Lipinski definition) is 0. The SMILES string of the molecule is C[Si](C)(C)OC1=C2CCCCC2C2C(O[Si](C)(C)C)=C3CCCCC3C(Cl)(Cl)P2C1. The van der Waals surface area contributed by atoms with Crippen molar-refractivity contribution in [3.8, 4) is 0 Å². The van der Waals surface area contributed by atoms with E-state index in [1.165, 1.54) is 55.6 Å². The summed E-state index contributed by atoms with van der Waals surface area (Å²) in [6.45, 7) is 13.9. The lowest BCUT2D eigenvalue weighted by Crippen LogP contribution is -2.47. The number of halogens is 2. The average molecular weight is 506 g/mol. The molecule has 170 valence electrons. The second kappa shape index (κ2) is 8.38. The molecule has 4 unspecified atom stereocenters. The van der Waals surface area contributed by atoms with Crippen LogP contribution in [0.1, 0.15) is 51.4 Å². The third-order valence-corrected chi connectivity index (χ3v) is 13.4. The van der Waals surface area contributed by atoms with Crippen molar-refractivity contribution < 1.29 is 8.85 Å². The molecule has 0 bridgehead atoms. The molecule has 0 amide bonds. The Hall–Kier alpha value is 0.524. The van der Waals surface area contributed by atoms with E-state index in [9.17, 15) is 0 Å². The van der Waals surface area contributed by atoms with Crippen LogP contribution in [0.25, 0.3) is 0 Å². The predicted octanol–water partition coefficient (Wildman–Crippen LogP) is 8.59. The first-order valence-electron chi connectivity index (χ1n) is 11.9. The highest BCUT2D eigenvalue weighted by molar-refractivity contribution is 7.64. The molecule has 7 heteroatoms. The van der Waals surface area contributed by atoms with Gasteiger partial charge in [-0.05, 0) is 103 Å². The van der Waals surface area contributed by atoms with Gasteiger partial charge < -0.3 is 8.85 Å². The van der Waals surface area contributed by atoms with Crippen LogP contribution >= 0.6 is 31.1 Å². The van der Waals surface area contributed by atoms with Crippen LogP contribution in [-0.2, 0) is 8.85 Å². The topological polar surface area (TPSA) is 18.5 Å². The molecule has 0 aromatic heterocycles. The van der Waals surface area contributed by atoms with Gasteiger partial charge in [0.1, 0.15) is 4.07 Å². The number of allylic oxidation sites excluding steroid dienone is 4. The molecule has 2 heterocycles. The average Bonchev–Trinajstić information content (AvgIpc) is 2.63. The van der Waals surface area contributed by atoms with E-state index in [0.717, 1.165) is 19.0 Å². The van der Waals surface area contributed by atoms with Crippen molar-refractivity contribution in [1.82, 2.24) is 0 Å². The third-order valence-electron chi connectivity index (χ3n) is 6.89. The third kappa shape index (κ3) is 4.60. The highest BCUT2D eigenvalue weighted by Crippen LogP contribution is 2.74. The highest BCUT2D eigenvalue weighted by Gasteiger charge is 2.58. The molecule has 4 aliphatic rings. The lowest BCUT2D eigenvalue weighted by Gasteiger charge is -2.55. The Labute approximate surface area is 197 Å². The molecule has 30 heavy (non-hydrogen) atoms. The lowest BCUT2D eigenvalue weighted by molar-refractivity contribution is 0.299. The molecule has 4 atom stereocenters. The summed E-state index contributed by atoms with van der Waals surface area (Å²) in [6, 6.07) is 0. The van der Waals surface area contributed by atoms with Crippen LogP contribution in [0.4, 0.5) is 0 Å². The van der Waals surface area contributed by atoms with Gasteiger partial charge in [0.15, 0.2) is 0 Å². The molecule has 0 aromatic carbocycles. The van der Waals surface area contributed by atoms with E-state index in [2.05, 4.69) is 39.3 Å². The summed E-state index contributed by atoms with van der Waals surface area (Å²) in [5.41, 5.74) is 3.47. The molecule has 2 saturated carbocycles. The van der Waals surface area contributed by atoms with E-state index in [-0.39, 0.29) is 5.92 Å². The van der Waals surface area contributed by atoms with Crippen molar-refractivity contribution in [2.24, 2.45) is 11.8 Å². The molecule has 0 saturated heterocycles. The summed E-state index contributed by atoms with van der Waals surface area (Å²) in [6.07, 6.45) is 10.6. The zero-order chi connectivity index (χ0) is 21.9. The minimum atomic E-state index is -1.73. The minimum Gasteiger partial charge on any atom is -0.547 e. The van der Waals surface area contributed by atoms with Gasteiger partial charge in [0.25, 0.3) is 0 Å². The molecule has 2 fully saturated rings. The first-order valence-corrected chi connectivity index (χ1v) is 21.0. The van der Waals surface area contributed by atoms with Crippen LogP contribution in [0.15, 0.2) is 22.7 Å². The summed E-state index contributed by atoms with van der Waals surface area (Å²) >= 11 is 14.7. The van der Waals surface area contributed by atoms with Crippen LogP contribution < -0.4 is 0 Å². The van der Waals surface area contributed by atoms with Gasteiger partial charge in [0.05, 0.1) is 11.5 Å². The van der Waals surface area contributed by atoms with E-state index in [1.54, 1.807) is 5.57 Å². The van der Waals surface area contributed by atoms with Crippen molar-refractivity contribution in [3.05, 3.63) is 22.7 Å². The molecule has 2 aliphatic carbocycles. The van der Waals surface area contributed by atoms with Crippen LogP contribution in [0.2, 0.25) is 39.3 Å². The Morgan fingerprint density at radius 1 is 0.833 bits per heavy atom. The van der Waals surface area contributed by atoms with Crippen LogP contribution in [-0.4, -0.2) is 32.5 Å². The Morgan fingerprint density at radius 3 is 2.07 bits per heavy atom. The van der Waals surface area contributed by atoms with Crippen molar-refractivity contribution in [2.45, 2.75) is 100 Å². The quantitative estimate of drug-likeness (QED) is 0.216. The summed E-state index contributed by atoms with van der Waals surface area (Å²) in [5.74, 6) is 3.40. The van der Waals surface area contributed by atoms with Gasteiger partial charge in [-0.15, -0.1) is 0 Å². The predicted molar refractivity (Wildman–Crippen MR) is 137 cm³/mol. The molecular formula is C23H39Cl2O2PSi2. The summed E-state index contributed by atoms with van der Waals surface area (Å²) in [5, 5.41) is 0. The minimum absolute atomic E-state index is 0.265. The van der Waals surface area contributed by atoms with Gasteiger partial charge in [-0.1, -0.05) is 36.0 Å². The molecular weight excluding hydrogens is 466 g/mol. The Kier molecular flexibility index (Phi) is 6.62. The van der Waals surface area contributed by atoms with Crippen molar-refractivity contribution in [1.29, 1.82) is 0 Å². The largest absolute Gasteiger partial charge is 0.547 e. The van der Waals surface area contributed by atoms with Gasteiger partial charge >= 0.3 is 0 Å². The number of fused-ring (bicyclic) bond motifs is 4. The first-order chi connectivity index (χ1) is 13.9. The molecule has 0 aromatic rings. The van der Waals surface area contributed by atoms with Crippen molar-refractivity contribution >= 4 is 47.8 Å². The zero-order valence-electron chi connectivity index (χ0n) is 19.6. The van der Waals surface area contributed by atoms with E-state index in [0.29, 0.717) is 11.6 Å². The maximum Gasteiger partial charge on any atom is 0.241 e. The van der Waals surface area contributed by atoms with Gasteiger partial charge in [0, 0.05) is 17.7 Å². The fraction of sp³-hybridized carbons (Fsp3) is 0.826. The molecule has 0 spiro atoms. The van der Waals surface area contributed by atoms with Crippen molar-refractivity contribution in [3.63, 3.8) is 0 Å². The zero-order valence-corrected chi connectivity index (χ0v) is 24.0. The Balaban J connectivity index is 1.85. The van der Waals surface area contributed by atoms with Crippen LogP contribution in [0.3, 0.4) is 0 Å². The monoisotopic (exact) mass is 504 g/mol. The fourth-order valence-corrected chi connectivity index (χ4v) is 12.8. The molecule has 4 rings (SSSR count). The maximum absolute atomic E-state index is 7.37. The molecule has 2 nitrogen and oxygen atoms in total. The number of alkyl halides is 2. The van der Waals surface area contributed by atoms with E-state index in [1.807, 2.05) is 0 Å².